The molecule has 1 aliphatic heterocycles. The molecule has 3 aromatic carbocycles. The van der Waals surface area contributed by atoms with Crippen molar-refractivity contribution in [1.82, 2.24) is 9.97 Å². The summed E-state index contributed by atoms with van der Waals surface area (Å²) < 4.78 is 20.6. The van der Waals surface area contributed by atoms with E-state index in [9.17, 15) is 4.39 Å². The maximum Gasteiger partial charge on any atom is 0.227 e. The molecule has 1 aromatic heterocycles. The van der Waals surface area contributed by atoms with Crippen molar-refractivity contribution in [1.29, 1.82) is 0 Å². The van der Waals surface area contributed by atoms with E-state index in [1.54, 1.807) is 0 Å². The first-order valence-corrected chi connectivity index (χ1v) is 10.9. The molecular weight excluding hydrogens is 417 g/mol. The Kier molecular flexibility index (Phi) is 4.43. The number of fused-ring (bicyclic) bond motifs is 2. The van der Waals surface area contributed by atoms with Gasteiger partial charge in [0.15, 0.2) is 5.82 Å². The van der Waals surface area contributed by atoms with E-state index in [-0.39, 0.29) is 17.2 Å². The van der Waals surface area contributed by atoms with Gasteiger partial charge in [0.25, 0.3) is 0 Å². The highest BCUT2D eigenvalue weighted by molar-refractivity contribution is 5.69. The van der Waals surface area contributed by atoms with Crippen molar-refractivity contribution in [2.45, 2.75) is 17.8 Å². The molecule has 164 valence electrons. The van der Waals surface area contributed by atoms with E-state index >= 15 is 0 Å². The Labute approximate surface area is 190 Å². The Bertz CT molecular complexity index is 1330. The number of aromatic nitrogens is 2. The normalized spacial score (nSPS) is 20.2. The van der Waals surface area contributed by atoms with E-state index in [1.807, 2.05) is 72.8 Å². The summed E-state index contributed by atoms with van der Waals surface area (Å²) in [6, 6.07) is 23.0. The minimum absolute atomic E-state index is 0.0000675. The number of nitrogens with zero attached hydrogens (tertiary/aromatic N) is 2. The van der Waals surface area contributed by atoms with Crippen LogP contribution >= 0.6 is 0 Å². The van der Waals surface area contributed by atoms with Crippen LogP contribution in [0.25, 0.3) is 0 Å². The molecule has 0 bridgehead atoms. The third-order valence-electron chi connectivity index (χ3n) is 6.44. The lowest BCUT2D eigenvalue weighted by Gasteiger charge is -2.12. The molecule has 0 amide bonds. The van der Waals surface area contributed by atoms with Gasteiger partial charge in [0.2, 0.25) is 5.95 Å². The van der Waals surface area contributed by atoms with Crippen LogP contribution in [0.4, 0.5) is 27.4 Å². The lowest BCUT2D eigenvalue weighted by atomic mass is 9.94. The van der Waals surface area contributed by atoms with Gasteiger partial charge in [-0.3, -0.25) is 0 Å². The third-order valence-corrected chi connectivity index (χ3v) is 6.44. The second-order valence-corrected chi connectivity index (χ2v) is 8.56. The van der Waals surface area contributed by atoms with Crippen LogP contribution in [0.1, 0.15) is 23.6 Å². The summed E-state index contributed by atoms with van der Waals surface area (Å²) in [5, 5.41) is 6.59. The van der Waals surface area contributed by atoms with Gasteiger partial charge in [0.05, 0.1) is 11.9 Å². The molecule has 7 heteroatoms. The van der Waals surface area contributed by atoms with E-state index in [4.69, 9.17) is 10.5 Å². The monoisotopic (exact) mass is 439 g/mol. The highest BCUT2D eigenvalue weighted by Gasteiger charge is 2.60. The van der Waals surface area contributed by atoms with E-state index in [0.29, 0.717) is 11.6 Å². The molecule has 2 aliphatic rings. The number of halogens is 1. The van der Waals surface area contributed by atoms with Crippen LogP contribution in [0, 0.1) is 5.82 Å². The minimum Gasteiger partial charge on any atom is -0.457 e. The largest absolute Gasteiger partial charge is 0.457 e. The Morgan fingerprint density at radius 3 is 2.64 bits per heavy atom. The maximum atomic E-state index is 14.7. The Morgan fingerprint density at radius 2 is 1.82 bits per heavy atom. The zero-order chi connectivity index (χ0) is 22.4. The van der Waals surface area contributed by atoms with Crippen molar-refractivity contribution >= 4 is 23.0 Å². The van der Waals surface area contributed by atoms with Crippen LogP contribution < -0.4 is 21.1 Å². The summed E-state index contributed by atoms with van der Waals surface area (Å²) in [5.74, 6) is 1.49. The van der Waals surface area contributed by atoms with Crippen LogP contribution in [0.5, 0.6) is 11.5 Å². The molecule has 1 fully saturated rings. The van der Waals surface area contributed by atoms with Crippen molar-refractivity contribution in [3.8, 4) is 11.5 Å². The van der Waals surface area contributed by atoms with E-state index < -0.39 is 0 Å². The average molecular weight is 439 g/mol. The zero-order valence-corrected chi connectivity index (χ0v) is 17.8. The van der Waals surface area contributed by atoms with Crippen molar-refractivity contribution in [2.75, 3.05) is 22.9 Å². The summed E-state index contributed by atoms with van der Waals surface area (Å²) in [4.78, 5) is 8.69. The Morgan fingerprint density at radius 1 is 1.03 bits per heavy atom. The highest BCUT2D eigenvalue weighted by Crippen LogP contribution is 2.64. The van der Waals surface area contributed by atoms with Gasteiger partial charge in [-0.05, 0) is 60.5 Å². The van der Waals surface area contributed by atoms with Gasteiger partial charge in [-0.15, -0.1) is 0 Å². The SMILES string of the molecule is Nc1ccc2c(c1)NC[C@@]21CC1c1nc(Nc2ccc(Oc3ccccc3)cc2)ncc1F. The third kappa shape index (κ3) is 3.51. The molecule has 1 aliphatic carbocycles. The topological polar surface area (TPSA) is 85.1 Å². The molecule has 2 atom stereocenters. The number of nitrogen functional groups attached to an aromatic ring is 1. The summed E-state index contributed by atoms with van der Waals surface area (Å²) in [6.45, 7) is 0.755. The molecule has 6 rings (SSSR count). The van der Waals surface area contributed by atoms with Crippen LogP contribution in [0.3, 0.4) is 0 Å². The second kappa shape index (κ2) is 7.48. The first-order valence-electron chi connectivity index (χ1n) is 10.9. The van der Waals surface area contributed by atoms with E-state index in [0.717, 1.165) is 41.5 Å². The van der Waals surface area contributed by atoms with Gasteiger partial charge < -0.3 is 21.1 Å². The maximum absolute atomic E-state index is 14.7. The van der Waals surface area contributed by atoms with Crippen LogP contribution in [-0.2, 0) is 5.41 Å². The van der Waals surface area contributed by atoms with Crippen LogP contribution in [0.2, 0.25) is 0 Å². The van der Waals surface area contributed by atoms with Gasteiger partial charge in [-0.1, -0.05) is 24.3 Å². The van der Waals surface area contributed by atoms with E-state index in [2.05, 4.69) is 20.6 Å². The van der Waals surface area contributed by atoms with Crippen molar-refractivity contribution < 1.29 is 9.13 Å². The number of nitrogens with two attached hydrogens (primary N) is 1. The number of anilines is 4. The van der Waals surface area contributed by atoms with Crippen LogP contribution in [0.15, 0.2) is 79.0 Å². The summed E-state index contributed by atoms with van der Waals surface area (Å²) >= 11 is 0. The molecular formula is C26H22FN5O. The van der Waals surface area contributed by atoms with E-state index in [1.165, 1.54) is 11.8 Å². The Hall–Kier alpha value is -4.13. The van der Waals surface area contributed by atoms with Gasteiger partial charge >= 0.3 is 0 Å². The van der Waals surface area contributed by atoms with Gasteiger partial charge in [-0.2, -0.15) is 0 Å². The first-order chi connectivity index (χ1) is 16.1. The average Bonchev–Trinajstić information content (AvgIpc) is 3.45. The standard InChI is InChI=1S/C26H22FN5O/c27-22-14-29-25(31-17-7-9-19(10-8-17)33-18-4-2-1-3-5-18)32-24(22)21-13-26(21)15-30-23-12-16(28)6-11-20(23)26/h1-12,14,21,30H,13,15,28H2,(H,29,31,32)/t21?,26-/m0/s1. The molecule has 1 spiro atoms. The fraction of sp³-hybridized carbons (Fsp3) is 0.154. The predicted octanol–water partition coefficient (Wildman–Crippen LogP) is 5.58. The molecule has 33 heavy (non-hydrogen) atoms. The molecule has 6 nitrogen and oxygen atoms in total. The molecule has 1 unspecified atom stereocenters. The summed E-state index contributed by atoms with van der Waals surface area (Å²) in [6.07, 6.45) is 2.09. The molecule has 2 heterocycles. The fourth-order valence-electron chi connectivity index (χ4n) is 4.69. The summed E-state index contributed by atoms with van der Waals surface area (Å²) in [5.41, 5.74) is 9.95. The highest BCUT2D eigenvalue weighted by atomic mass is 19.1. The molecule has 1 saturated carbocycles. The lowest BCUT2D eigenvalue weighted by Crippen LogP contribution is -2.14. The molecule has 0 radical (unpaired) electrons. The Balaban J connectivity index is 1.20. The molecule has 4 N–H and O–H groups in total. The number of ether oxygens (including phenoxy) is 1. The number of nitrogens with one attached hydrogen (secondary N) is 2. The number of hydrogen-bond acceptors (Lipinski definition) is 6. The lowest BCUT2D eigenvalue weighted by molar-refractivity contribution is 0.483. The van der Waals surface area contributed by atoms with Crippen molar-refractivity contribution in [3.05, 3.63) is 96.1 Å². The second-order valence-electron chi connectivity index (χ2n) is 8.56. The van der Waals surface area contributed by atoms with Gasteiger partial charge in [0, 0.05) is 34.9 Å². The smallest absolute Gasteiger partial charge is 0.227 e. The minimum atomic E-state index is -0.377. The quantitative estimate of drug-likeness (QED) is 0.352. The first kappa shape index (κ1) is 19.5. The summed E-state index contributed by atoms with van der Waals surface area (Å²) in [7, 11) is 0. The van der Waals surface area contributed by atoms with Crippen molar-refractivity contribution in [2.24, 2.45) is 0 Å². The van der Waals surface area contributed by atoms with Crippen molar-refractivity contribution in [3.63, 3.8) is 0 Å². The van der Waals surface area contributed by atoms with Gasteiger partial charge in [-0.25, -0.2) is 14.4 Å². The number of para-hydroxylation sites is 1. The van der Waals surface area contributed by atoms with Gasteiger partial charge in [0.1, 0.15) is 11.5 Å². The predicted molar refractivity (Wildman–Crippen MR) is 127 cm³/mol. The number of rotatable bonds is 5. The fourth-order valence-corrected chi connectivity index (χ4v) is 4.69. The number of benzene rings is 3. The zero-order valence-electron chi connectivity index (χ0n) is 17.8. The molecule has 4 aromatic rings. The van der Waals surface area contributed by atoms with Crippen LogP contribution in [-0.4, -0.2) is 16.5 Å². The molecule has 0 saturated heterocycles. The number of hydrogen-bond donors (Lipinski definition) is 3.